The van der Waals surface area contributed by atoms with E-state index in [1.807, 2.05) is 10.7 Å². The minimum atomic E-state index is -0.113. The van der Waals surface area contributed by atoms with Crippen LogP contribution in [0.5, 0.6) is 0 Å². The number of rotatable bonds is 5. The van der Waals surface area contributed by atoms with Crippen LogP contribution >= 0.6 is 0 Å². The molecule has 1 aliphatic rings. The average Bonchev–Trinajstić information content (AvgIpc) is 2.98. The number of anilines is 1. The molecule has 2 aromatic heterocycles. The van der Waals surface area contributed by atoms with Crippen molar-refractivity contribution in [2.45, 2.75) is 78.0 Å². The van der Waals surface area contributed by atoms with Crippen molar-refractivity contribution < 1.29 is 4.74 Å². The minimum absolute atomic E-state index is 0.113. The smallest absolute Gasteiger partial charge is 0.153 e. The predicted molar refractivity (Wildman–Crippen MR) is 101 cm³/mol. The van der Waals surface area contributed by atoms with Gasteiger partial charge in [-0.15, -0.1) is 0 Å². The van der Waals surface area contributed by atoms with Crippen LogP contribution < -0.4 is 5.32 Å². The van der Waals surface area contributed by atoms with E-state index < -0.39 is 0 Å². The average molecular weight is 358 g/mol. The maximum absolute atomic E-state index is 5.27. The molecule has 2 aromatic rings. The van der Waals surface area contributed by atoms with Gasteiger partial charge in [0.15, 0.2) is 5.82 Å². The molecule has 142 valence electrons. The molecule has 0 aromatic carbocycles. The maximum Gasteiger partial charge on any atom is 0.153 e. The molecular formula is C19H30N6O. The second-order valence-electron chi connectivity index (χ2n) is 8.35. The molecule has 0 spiro atoms. The fraction of sp³-hybridized carbons (Fsp3) is 0.684. The Morgan fingerprint density at radius 2 is 2.04 bits per heavy atom. The Morgan fingerprint density at radius 3 is 2.69 bits per heavy atom. The number of fused-ring (bicyclic) bond motifs is 1. The molecule has 0 saturated heterocycles. The molecule has 0 saturated carbocycles. The summed E-state index contributed by atoms with van der Waals surface area (Å²) in [7, 11) is 1.69. The number of aromatic nitrogens is 5. The van der Waals surface area contributed by atoms with Crippen LogP contribution in [-0.2, 0) is 29.7 Å². The second kappa shape index (κ2) is 7.31. The summed E-state index contributed by atoms with van der Waals surface area (Å²) in [5.74, 6) is 4.06. The van der Waals surface area contributed by atoms with Gasteiger partial charge in [0.25, 0.3) is 0 Å². The van der Waals surface area contributed by atoms with Gasteiger partial charge in [-0.2, -0.15) is 5.10 Å². The van der Waals surface area contributed by atoms with Crippen molar-refractivity contribution in [3.63, 3.8) is 0 Å². The van der Waals surface area contributed by atoms with E-state index in [4.69, 9.17) is 9.72 Å². The van der Waals surface area contributed by atoms with Crippen LogP contribution in [0.15, 0.2) is 6.07 Å². The highest BCUT2D eigenvalue weighted by Crippen LogP contribution is 2.23. The number of nitrogens with zero attached hydrogens (tertiary/aromatic N) is 5. The Bertz CT molecular complexity index is 762. The maximum atomic E-state index is 5.27. The summed E-state index contributed by atoms with van der Waals surface area (Å²) < 4.78 is 7.31. The highest BCUT2D eigenvalue weighted by Gasteiger charge is 2.24. The number of aryl methyl sites for hydroxylation is 1. The summed E-state index contributed by atoms with van der Waals surface area (Å²) in [6.45, 7) is 11.9. The van der Waals surface area contributed by atoms with E-state index in [1.165, 1.54) is 0 Å². The van der Waals surface area contributed by atoms with E-state index in [0.29, 0.717) is 12.5 Å². The van der Waals surface area contributed by atoms with Crippen LogP contribution in [0, 0.1) is 0 Å². The number of methoxy groups -OCH3 is 1. The Kier molecular flexibility index (Phi) is 5.27. The van der Waals surface area contributed by atoms with Crippen LogP contribution in [0.2, 0.25) is 0 Å². The van der Waals surface area contributed by atoms with E-state index in [1.54, 1.807) is 7.11 Å². The van der Waals surface area contributed by atoms with Gasteiger partial charge in [0.1, 0.15) is 17.5 Å². The van der Waals surface area contributed by atoms with Crippen LogP contribution in [0.1, 0.15) is 70.1 Å². The number of ether oxygens (including phenoxy) is 1. The molecule has 26 heavy (non-hydrogen) atoms. The van der Waals surface area contributed by atoms with Gasteiger partial charge in [-0.25, -0.2) is 19.6 Å². The summed E-state index contributed by atoms with van der Waals surface area (Å²) in [6, 6.07) is 2.26. The van der Waals surface area contributed by atoms with Gasteiger partial charge in [0, 0.05) is 37.0 Å². The standard InChI is InChI=1S/C19H30N6O/c1-12(2)17-23-16-8-7-13(10-25(16)24-17)20-15-9-14(11-26-6)21-18(22-15)19(3,4)5/h9,12-13H,7-8,10-11H2,1-6H3,(H,20,21,22). The zero-order valence-corrected chi connectivity index (χ0v) is 16.7. The molecule has 1 aliphatic heterocycles. The lowest BCUT2D eigenvalue weighted by molar-refractivity contribution is 0.181. The van der Waals surface area contributed by atoms with Gasteiger partial charge < -0.3 is 10.1 Å². The van der Waals surface area contributed by atoms with Gasteiger partial charge in [0.05, 0.1) is 18.8 Å². The van der Waals surface area contributed by atoms with Gasteiger partial charge in [-0.1, -0.05) is 34.6 Å². The second-order valence-corrected chi connectivity index (χ2v) is 8.35. The highest BCUT2D eigenvalue weighted by molar-refractivity contribution is 5.38. The van der Waals surface area contributed by atoms with Crippen molar-refractivity contribution in [2.75, 3.05) is 12.4 Å². The molecule has 7 heteroatoms. The van der Waals surface area contributed by atoms with Crippen molar-refractivity contribution in [2.24, 2.45) is 0 Å². The van der Waals surface area contributed by atoms with Gasteiger partial charge in [-0.05, 0) is 6.42 Å². The molecule has 1 unspecified atom stereocenters. The topological polar surface area (TPSA) is 77.8 Å². The Morgan fingerprint density at radius 1 is 1.27 bits per heavy atom. The van der Waals surface area contributed by atoms with Crippen molar-refractivity contribution in [3.8, 4) is 0 Å². The number of hydrogen-bond donors (Lipinski definition) is 1. The van der Waals surface area contributed by atoms with Crippen LogP contribution in [0.25, 0.3) is 0 Å². The quantitative estimate of drug-likeness (QED) is 0.885. The predicted octanol–water partition coefficient (Wildman–Crippen LogP) is 3.06. The first-order chi connectivity index (χ1) is 12.3. The lowest BCUT2D eigenvalue weighted by Gasteiger charge is -2.25. The number of hydrogen-bond acceptors (Lipinski definition) is 6. The molecular weight excluding hydrogens is 328 g/mol. The van der Waals surface area contributed by atoms with E-state index in [-0.39, 0.29) is 11.5 Å². The Balaban J connectivity index is 1.79. The molecule has 0 fully saturated rings. The normalized spacial score (nSPS) is 17.4. The summed E-state index contributed by atoms with van der Waals surface area (Å²) in [5, 5.41) is 8.24. The van der Waals surface area contributed by atoms with Crippen molar-refractivity contribution in [1.82, 2.24) is 24.7 Å². The molecule has 0 amide bonds. The molecule has 0 radical (unpaired) electrons. The summed E-state index contributed by atoms with van der Waals surface area (Å²) in [5.41, 5.74) is 0.784. The van der Waals surface area contributed by atoms with Crippen molar-refractivity contribution in [3.05, 3.63) is 29.2 Å². The zero-order valence-electron chi connectivity index (χ0n) is 16.7. The largest absolute Gasteiger partial charge is 0.378 e. The van der Waals surface area contributed by atoms with Crippen molar-refractivity contribution in [1.29, 1.82) is 0 Å². The molecule has 7 nitrogen and oxygen atoms in total. The fourth-order valence-electron chi connectivity index (χ4n) is 3.03. The molecule has 3 rings (SSSR count). The minimum Gasteiger partial charge on any atom is -0.378 e. The summed E-state index contributed by atoms with van der Waals surface area (Å²) >= 11 is 0. The van der Waals surface area contributed by atoms with Crippen LogP contribution in [-0.4, -0.2) is 37.9 Å². The molecule has 0 aliphatic carbocycles. The third-order valence-corrected chi connectivity index (χ3v) is 4.49. The van der Waals surface area contributed by atoms with E-state index in [2.05, 4.69) is 55.0 Å². The van der Waals surface area contributed by atoms with Gasteiger partial charge in [0.2, 0.25) is 0 Å². The number of nitrogens with one attached hydrogen (secondary N) is 1. The van der Waals surface area contributed by atoms with Crippen LogP contribution in [0.3, 0.4) is 0 Å². The van der Waals surface area contributed by atoms with E-state index in [9.17, 15) is 0 Å². The molecule has 3 heterocycles. The van der Waals surface area contributed by atoms with E-state index in [0.717, 1.165) is 48.4 Å². The lowest BCUT2D eigenvalue weighted by atomic mass is 9.95. The monoisotopic (exact) mass is 358 g/mol. The Labute approximate surface area is 155 Å². The zero-order chi connectivity index (χ0) is 18.9. The third kappa shape index (κ3) is 4.20. The summed E-state index contributed by atoms with van der Waals surface area (Å²) in [6.07, 6.45) is 1.95. The van der Waals surface area contributed by atoms with Gasteiger partial charge in [-0.3, -0.25) is 0 Å². The van der Waals surface area contributed by atoms with Crippen LogP contribution in [0.4, 0.5) is 5.82 Å². The van der Waals surface area contributed by atoms with Crippen molar-refractivity contribution >= 4 is 5.82 Å². The first kappa shape index (κ1) is 18.8. The third-order valence-electron chi connectivity index (χ3n) is 4.49. The van der Waals surface area contributed by atoms with Gasteiger partial charge >= 0.3 is 0 Å². The lowest BCUT2D eigenvalue weighted by Crippen LogP contribution is -2.32. The SMILES string of the molecule is COCc1cc(NC2CCc3nc(C(C)C)nn3C2)nc(C(C)(C)C)n1. The highest BCUT2D eigenvalue weighted by atomic mass is 16.5. The summed E-state index contributed by atoms with van der Waals surface area (Å²) in [4.78, 5) is 14.0. The first-order valence-corrected chi connectivity index (χ1v) is 9.34. The fourth-order valence-corrected chi connectivity index (χ4v) is 3.03. The Hall–Kier alpha value is -2.02. The molecule has 0 bridgehead atoms. The molecule has 1 atom stereocenters. The first-order valence-electron chi connectivity index (χ1n) is 9.34. The van der Waals surface area contributed by atoms with E-state index >= 15 is 0 Å². The molecule has 1 N–H and O–H groups in total.